The molecule has 1 N–H and O–H groups in total. The Balaban J connectivity index is 1.90. The molecule has 0 spiro atoms. The summed E-state index contributed by atoms with van der Waals surface area (Å²) >= 11 is 0. The molecule has 0 atom stereocenters. The van der Waals surface area contributed by atoms with E-state index >= 15 is 0 Å². The summed E-state index contributed by atoms with van der Waals surface area (Å²) in [7, 11) is 3.09. The van der Waals surface area contributed by atoms with Crippen LogP contribution >= 0.6 is 0 Å². The number of carbonyl (C=O) groups excluding carboxylic acids is 1. The van der Waals surface area contributed by atoms with E-state index in [0.29, 0.717) is 17.0 Å². The molecule has 0 unspecified atom stereocenters. The SMILES string of the molecule is COc1cccc(CNC(=O)Cn2c3ccc(F)cc3c(=O)n2C(C)(C)C)c1OC. The van der Waals surface area contributed by atoms with Crippen LogP contribution in [0.2, 0.25) is 0 Å². The average Bonchev–Trinajstić information content (AvgIpc) is 2.97. The molecule has 1 amide bonds. The zero-order chi connectivity index (χ0) is 22.1. The fourth-order valence-electron chi connectivity index (χ4n) is 3.54. The Hall–Kier alpha value is -3.29. The van der Waals surface area contributed by atoms with Crippen molar-refractivity contribution in [2.24, 2.45) is 0 Å². The molecule has 0 saturated carbocycles. The normalized spacial score (nSPS) is 11.5. The Morgan fingerprint density at radius 1 is 1.13 bits per heavy atom. The molecule has 0 fully saturated rings. The van der Waals surface area contributed by atoms with Crippen LogP contribution in [0.1, 0.15) is 26.3 Å². The highest BCUT2D eigenvalue weighted by atomic mass is 19.1. The number of nitrogens with zero attached hydrogens (tertiary/aromatic N) is 2. The monoisotopic (exact) mass is 415 g/mol. The molecular formula is C22H26FN3O4. The minimum Gasteiger partial charge on any atom is -0.493 e. The van der Waals surface area contributed by atoms with Crippen LogP contribution < -0.4 is 20.3 Å². The summed E-state index contributed by atoms with van der Waals surface area (Å²) in [5.74, 6) is 0.338. The van der Waals surface area contributed by atoms with Gasteiger partial charge in [-0.25, -0.2) is 9.07 Å². The largest absolute Gasteiger partial charge is 0.493 e. The van der Waals surface area contributed by atoms with Crippen LogP contribution in [0.15, 0.2) is 41.2 Å². The van der Waals surface area contributed by atoms with Crippen molar-refractivity contribution >= 4 is 16.8 Å². The predicted octanol–water partition coefficient (Wildman–Crippen LogP) is 3.03. The predicted molar refractivity (Wildman–Crippen MR) is 113 cm³/mol. The lowest BCUT2D eigenvalue weighted by atomic mass is 10.1. The molecule has 3 rings (SSSR count). The first kappa shape index (κ1) is 21.4. The third kappa shape index (κ3) is 4.03. The van der Waals surface area contributed by atoms with Crippen molar-refractivity contribution in [2.45, 2.75) is 39.4 Å². The van der Waals surface area contributed by atoms with Crippen LogP contribution in [-0.2, 0) is 23.4 Å². The van der Waals surface area contributed by atoms with Gasteiger partial charge in [0, 0.05) is 12.1 Å². The molecule has 0 saturated heterocycles. The Morgan fingerprint density at radius 3 is 2.50 bits per heavy atom. The van der Waals surface area contributed by atoms with Gasteiger partial charge in [0.05, 0.1) is 30.7 Å². The molecular weight excluding hydrogens is 389 g/mol. The zero-order valence-corrected chi connectivity index (χ0v) is 17.8. The Kier molecular flexibility index (Phi) is 5.87. The van der Waals surface area contributed by atoms with E-state index in [4.69, 9.17) is 9.47 Å². The van der Waals surface area contributed by atoms with E-state index in [2.05, 4.69) is 5.32 Å². The van der Waals surface area contributed by atoms with Gasteiger partial charge in [-0.1, -0.05) is 12.1 Å². The molecule has 0 aliphatic carbocycles. The molecule has 7 nitrogen and oxygen atoms in total. The van der Waals surface area contributed by atoms with Gasteiger partial charge in [-0.15, -0.1) is 0 Å². The van der Waals surface area contributed by atoms with Crippen LogP contribution in [-0.4, -0.2) is 29.5 Å². The highest BCUT2D eigenvalue weighted by molar-refractivity contribution is 5.82. The minimum atomic E-state index is -0.594. The number of hydrogen-bond donors (Lipinski definition) is 1. The maximum absolute atomic E-state index is 13.7. The number of benzene rings is 2. The van der Waals surface area contributed by atoms with E-state index in [9.17, 15) is 14.0 Å². The highest BCUT2D eigenvalue weighted by Gasteiger charge is 2.24. The van der Waals surface area contributed by atoms with Crippen molar-refractivity contribution in [1.82, 2.24) is 14.7 Å². The number of rotatable bonds is 6. The Bertz CT molecular complexity index is 1140. The molecule has 8 heteroatoms. The standard InChI is InChI=1S/C22H26FN3O4/c1-22(2,3)26-21(28)16-11-15(23)9-10-17(16)25(26)13-19(27)24-12-14-7-6-8-18(29-4)20(14)30-5/h6-11H,12-13H2,1-5H3,(H,24,27). The van der Waals surface area contributed by atoms with E-state index in [-0.39, 0.29) is 29.9 Å². The molecule has 1 heterocycles. The van der Waals surface area contributed by atoms with Gasteiger partial charge >= 0.3 is 0 Å². The number of para-hydroxylation sites is 1. The molecule has 160 valence electrons. The molecule has 2 aromatic carbocycles. The molecule has 3 aromatic rings. The van der Waals surface area contributed by atoms with Crippen LogP contribution in [0.25, 0.3) is 10.9 Å². The first-order chi connectivity index (χ1) is 14.2. The van der Waals surface area contributed by atoms with Gasteiger partial charge in [0.2, 0.25) is 5.91 Å². The zero-order valence-electron chi connectivity index (χ0n) is 17.8. The second kappa shape index (κ2) is 8.22. The molecule has 0 aliphatic rings. The number of halogens is 1. The summed E-state index contributed by atoms with van der Waals surface area (Å²) in [4.78, 5) is 25.6. The fraction of sp³-hybridized carbons (Fsp3) is 0.364. The maximum atomic E-state index is 13.7. The van der Waals surface area contributed by atoms with E-state index in [1.165, 1.54) is 30.0 Å². The third-order valence-electron chi connectivity index (χ3n) is 4.79. The lowest BCUT2D eigenvalue weighted by Gasteiger charge is -2.24. The van der Waals surface area contributed by atoms with Crippen LogP contribution in [0.4, 0.5) is 4.39 Å². The van der Waals surface area contributed by atoms with Gasteiger partial charge in [-0.2, -0.15) is 0 Å². The third-order valence-corrected chi connectivity index (χ3v) is 4.79. The van der Waals surface area contributed by atoms with Crippen molar-refractivity contribution in [3.63, 3.8) is 0 Å². The van der Waals surface area contributed by atoms with Crippen LogP contribution in [0.5, 0.6) is 11.5 Å². The molecule has 1 aromatic heterocycles. The first-order valence-electron chi connectivity index (χ1n) is 9.55. The summed E-state index contributed by atoms with van der Waals surface area (Å²) in [6.07, 6.45) is 0. The summed E-state index contributed by atoms with van der Waals surface area (Å²) < 4.78 is 27.5. The second-order valence-electron chi connectivity index (χ2n) is 7.94. The van der Waals surface area contributed by atoms with Gasteiger partial charge in [0.25, 0.3) is 5.56 Å². The number of amides is 1. The second-order valence-corrected chi connectivity index (χ2v) is 7.94. The summed E-state index contributed by atoms with van der Waals surface area (Å²) in [6, 6.07) is 9.43. The van der Waals surface area contributed by atoms with Gasteiger partial charge in [0.1, 0.15) is 12.4 Å². The summed E-state index contributed by atoms with van der Waals surface area (Å²) in [6.45, 7) is 5.72. The quantitative estimate of drug-likeness (QED) is 0.672. The lowest BCUT2D eigenvalue weighted by Crippen LogP contribution is -2.39. The van der Waals surface area contributed by atoms with Crippen LogP contribution in [0.3, 0.4) is 0 Å². The van der Waals surface area contributed by atoms with Gasteiger partial charge < -0.3 is 14.8 Å². The van der Waals surface area contributed by atoms with Crippen molar-refractivity contribution in [3.8, 4) is 11.5 Å². The van der Waals surface area contributed by atoms with Crippen molar-refractivity contribution in [3.05, 3.63) is 58.1 Å². The van der Waals surface area contributed by atoms with Gasteiger partial charge in [-0.3, -0.25) is 14.3 Å². The van der Waals surface area contributed by atoms with E-state index in [0.717, 1.165) is 5.56 Å². The molecule has 30 heavy (non-hydrogen) atoms. The van der Waals surface area contributed by atoms with E-state index in [1.807, 2.05) is 32.9 Å². The van der Waals surface area contributed by atoms with E-state index in [1.54, 1.807) is 17.9 Å². The summed E-state index contributed by atoms with van der Waals surface area (Å²) in [5.41, 5.74) is 0.339. The van der Waals surface area contributed by atoms with Crippen molar-refractivity contribution < 1.29 is 18.7 Å². The highest BCUT2D eigenvalue weighted by Crippen LogP contribution is 2.30. The molecule has 0 bridgehead atoms. The lowest BCUT2D eigenvalue weighted by molar-refractivity contribution is -0.122. The number of ether oxygens (including phenoxy) is 2. The number of hydrogen-bond acceptors (Lipinski definition) is 4. The minimum absolute atomic E-state index is 0.0894. The average molecular weight is 415 g/mol. The summed E-state index contributed by atoms with van der Waals surface area (Å²) in [5, 5.41) is 3.10. The van der Waals surface area contributed by atoms with Crippen molar-refractivity contribution in [2.75, 3.05) is 14.2 Å². The maximum Gasteiger partial charge on any atom is 0.275 e. The van der Waals surface area contributed by atoms with Gasteiger partial charge in [-0.05, 0) is 45.0 Å². The number of aromatic nitrogens is 2. The first-order valence-corrected chi connectivity index (χ1v) is 9.55. The molecule has 0 aliphatic heterocycles. The van der Waals surface area contributed by atoms with Crippen molar-refractivity contribution in [1.29, 1.82) is 0 Å². The molecule has 0 radical (unpaired) electrons. The van der Waals surface area contributed by atoms with Gasteiger partial charge in [0.15, 0.2) is 11.5 Å². The number of fused-ring (bicyclic) bond motifs is 1. The Morgan fingerprint density at radius 2 is 1.87 bits per heavy atom. The van der Waals surface area contributed by atoms with E-state index < -0.39 is 11.4 Å². The number of nitrogens with one attached hydrogen (secondary N) is 1. The number of methoxy groups -OCH3 is 2. The fourth-order valence-corrected chi connectivity index (χ4v) is 3.54. The smallest absolute Gasteiger partial charge is 0.275 e. The topological polar surface area (TPSA) is 74.5 Å². The van der Waals surface area contributed by atoms with Crippen LogP contribution in [0, 0.1) is 5.82 Å². The Labute approximate surface area is 174 Å². The number of carbonyl (C=O) groups is 1.